The van der Waals surface area contributed by atoms with Crippen LogP contribution in [0, 0.1) is 0 Å². The second kappa shape index (κ2) is 9.14. The van der Waals surface area contributed by atoms with Crippen LogP contribution < -0.4 is 0 Å². The van der Waals surface area contributed by atoms with Gasteiger partial charge in [-0.3, -0.25) is 4.98 Å². The zero-order chi connectivity index (χ0) is 11.5. The van der Waals surface area contributed by atoms with Crippen molar-refractivity contribution in [3.05, 3.63) is 42.2 Å². The van der Waals surface area contributed by atoms with Gasteiger partial charge in [-0.15, -0.1) is 0 Å². The van der Waals surface area contributed by atoms with Crippen molar-refractivity contribution in [3.8, 4) is 0 Å². The summed E-state index contributed by atoms with van der Waals surface area (Å²) in [6.07, 6.45) is 15.3. The molecular weight excluding hydrogens is 194 g/mol. The monoisotopic (exact) mass is 217 g/mol. The molecule has 0 aliphatic heterocycles. The molecule has 0 saturated carbocycles. The minimum atomic E-state index is 1.06. The number of allylic oxidation sites excluding steroid dienone is 2. The van der Waals surface area contributed by atoms with Crippen molar-refractivity contribution in [1.29, 1.82) is 0 Å². The van der Waals surface area contributed by atoms with Gasteiger partial charge in [-0.2, -0.15) is 0 Å². The van der Waals surface area contributed by atoms with Crippen molar-refractivity contribution in [2.45, 2.75) is 51.9 Å². The molecule has 0 fully saturated rings. The SMILES string of the molecule is CCCCCC/C=C/CCc1ccccn1. The van der Waals surface area contributed by atoms with Gasteiger partial charge in [0, 0.05) is 11.9 Å². The summed E-state index contributed by atoms with van der Waals surface area (Å²) in [4.78, 5) is 4.30. The van der Waals surface area contributed by atoms with E-state index in [-0.39, 0.29) is 0 Å². The van der Waals surface area contributed by atoms with Gasteiger partial charge in [-0.25, -0.2) is 0 Å². The summed E-state index contributed by atoms with van der Waals surface area (Å²) in [7, 11) is 0. The fourth-order valence-corrected chi connectivity index (χ4v) is 1.70. The Balaban J connectivity index is 2.00. The average molecular weight is 217 g/mol. The number of aryl methyl sites for hydroxylation is 1. The molecule has 1 nitrogen and oxygen atoms in total. The van der Waals surface area contributed by atoms with Gasteiger partial charge in [0.05, 0.1) is 0 Å². The lowest BCUT2D eigenvalue weighted by Gasteiger charge is -1.96. The third-order valence-electron chi connectivity index (χ3n) is 2.68. The topological polar surface area (TPSA) is 12.9 Å². The first-order valence-electron chi connectivity index (χ1n) is 6.48. The second-order valence-corrected chi connectivity index (χ2v) is 4.18. The molecule has 0 spiro atoms. The van der Waals surface area contributed by atoms with E-state index in [1.54, 1.807) is 0 Å². The molecule has 1 heteroatoms. The highest BCUT2D eigenvalue weighted by molar-refractivity contribution is 5.04. The zero-order valence-electron chi connectivity index (χ0n) is 10.4. The highest BCUT2D eigenvalue weighted by Crippen LogP contribution is 2.04. The van der Waals surface area contributed by atoms with E-state index in [1.165, 1.54) is 37.8 Å². The first-order valence-corrected chi connectivity index (χ1v) is 6.48. The molecule has 0 atom stereocenters. The summed E-state index contributed by atoms with van der Waals surface area (Å²) in [5.74, 6) is 0. The van der Waals surface area contributed by atoms with Crippen LogP contribution in [0.1, 0.15) is 51.1 Å². The normalized spacial score (nSPS) is 11.1. The van der Waals surface area contributed by atoms with Crippen molar-refractivity contribution in [2.24, 2.45) is 0 Å². The molecule has 0 saturated heterocycles. The smallest absolute Gasteiger partial charge is 0.0406 e. The molecule has 1 heterocycles. The molecule has 88 valence electrons. The largest absolute Gasteiger partial charge is 0.261 e. The van der Waals surface area contributed by atoms with Crippen LogP contribution in [0.3, 0.4) is 0 Å². The van der Waals surface area contributed by atoms with E-state index in [0.29, 0.717) is 0 Å². The van der Waals surface area contributed by atoms with Crippen molar-refractivity contribution < 1.29 is 0 Å². The summed E-state index contributed by atoms with van der Waals surface area (Å²) < 4.78 is 0. The second-order valence-electron chi connectivity index (χ2n) is 4.18. The quantitative estimate of drug-likeness (QED) is 0.460. The number of aromatic nitrogens is 1. The van der Waals surface area contributed by atoms with E-state index in [1.807, 2.05) is 12.3 Å². The lowest BCUT2D eigenvalue weighted by Crippen LogP contribution is -1.86. The Bertz CT molecular complexity index is 277. The number of pyridine rings is 1. The average Bonchev–Trinajstić information content (AvgIpc) is 2.34. The Morgan fingerprint density at radius 1 is 1.06 bits per heavy atom. The van der Waals surface area contributed by atoms with Gasteiger partial charge in [0.25, 0.3) is 0 Å². The first-order chi connectivity index (χ1) is 7.93. The van der Waals surface area contributed by atoms with Gasteiger partial charge in [0.2, 0.25) is 0 Å². The third kappa shape index (κ3) is 6.39. The molecule has 0 aliphatic carbocycles. The minimum absolute atomic E-state index is 1.06. The van der Waals surface area contributed by atoms with Gasteiger partial charge in [-0.05, 0) is 37.8 Å². The molecule has 1 rings (SSSR count). The molecule has 0 amide bonds. The first kappa shape index (κ1) is 13.0. The van der Waals surface area contributed by atoms with Gasteiger partial charge in [0.1, 0.15) is 0 Å². The summed E-state index contributed by atoms with van der Waals surface area (Å²) >= 11 is 0. The number of rotatable bonds is 8. The Morgan fingerprint density at radius 2 is 1.94 bits per heavy atom. The number of hydrogen-bond acceptors (Lipinski definition) is 1. The lowest BCUT2D eigenvalue weighted by atomic mass is 10.1. The molecule has 0 bridgehead atoms. The van der Waals surface area contributed by atoms with Crippen molar-refractivity contribution >= 4 is 0 Å². The van der Waals surface area contributed by atoms with E-state index < -0.39 is 0 Å². The van der Waals surface area contributed by atoms with E-state index in [4.69, 9.17) is 0 Å². The summed E-state index contributed by atoms with van der Waals surface area (Å²) in [6, 6.07) is 6.11. The highest BCUT2D eigenvalue weighted by Gasteiger charge is 1.89. The minimum Gasteiger partial charge on any atom is -0.261 e. The molecule has 0 radical (unpaired) electrons. The number of hydrogen-bond donors (Lipinski definition) is 0. The Labute approximate surface area is 99.6 Å². The van der Waals surface area contributed by atoms with Crippen molar-refractivity contribution in [2.75, 3.05) is 0 Å². The van der Waals surface area contributed by atoms with Gasteiger partial charge >= 0.3 is 0 Å². The van der Waals surface area contributed by atoms with Crippen LogP contribution in [0.4, 0.5) is 0 Å². The summed E-state index contributed by atoms with van der Waals surface area (Å²) in [5.41, 5.74) is 1.19. The standard InChI is InChI=1S/C15H23N/c1-2-3-4-5-6-7-8-9-12-15-13-10-11-14-16-15/h7-8,10-11,13-14H,2-6,9,12H2,1H3/b8-7+. The number of unbranched alkanes of at least 4 members (excludes halogenated alkanes) is 4. The Kier molecular flexibility index (Phi) is 7.40. The number of nitrogens with zero attached hydrogens (tertiary/aromatic N) is 1. The molecule has 1 aromatic heterocycles. The molecule has 0 N–H and O–H groups in total. The summed E-state index contributed by atoms with van der Waals surface area (Å²) in [5, 5.41) is 0. The highest BCUT2D eigenvalue weighted by atomic mass is 14.7. The predicted molar refractivity (Wildman–Crippen MR) is 70.5 cm³/mol. The van der Waals surface area contributed by atoms with Crippen LogP contribution in [0.15, 0.2) is 36.5 Å². The third-order valence-corrected chi connectivity index (χ3v) is 2.68. The maximum Gasteiger partial charge on any atom is 0.0406 e. The van der Waals surface area contributed by atoms with E-state index >= 15 is 0 Å². The van der Waals surface area contributed by atoms with Crippen LogP contribution in [0.5, 0.6) is 0 Å². The summed E-state index contributed by atoms with van der Waals surface area (Å²) in [6.45, 7) is 2.25. The maximum atomic E-state index is 4.30. The van der Waals surface area contributed by atoms with E-state index in [0.717, 1.165) is 12.8 Å². The van der Waals surface area contributed by atoms with Crippen LogP contribution in [-0.2, 0) is 6.42 Å². The molecular formula is C15H23N. The Morgan fingerprint density at radius 3 is 2.69 bits per heavy atom. The van der Waals surface area contributed by atoms with E-state index in [2.05, 4.69) is 36.2 Å². The molecule has 0 aromatic carbocycles. The maximum absolute atomic E-state index is 4.30. The van der Waals surface area contributed by atoms with Crippen molar-refractivity contribution in [1.82, 2.24) is 4.98 Å². The zero-order valence-corrected chi connectivity index (χ0v) is 10.4. The lowest BCUT2D eigenvalue weighted by molar-refractivity contribution is 0.673. The molecule has 0 aliphatic rings. The van der Waals surface area contributed by atoms with Crippen LogP contribution in [0.2, 0.25) is 0 Å². The van der Waals surface area contributed by atoms with Gasteiger partial charge in [-0.1, -0.05) is 44.4 Å². The van der Waals surface area contributed by atoms with Crippen LogP contribution >= 0.6 is 0 Å². The molecule has 1 aromatic rings. The van der Waals surface area contributed by atoms with Gasteiger partial charge < -0.3 is 0 Å². The fraction of sp³-hybridized carbons (Fsp3) is 0.533. The molecule has 0 unspecified atom stereocenters. The fourth-order valence-electron chi connectivity index (χ4n) is 1.70. The molecule has 16 heavy (non-hydrogen) atoms. The van der Waals surface area contributed by atoms with Crippen LogP contribution in [-0.4, -0.2) is 4.98 Å². The predicted octanol–water partition coefficient (Wildman–Crippen LogP) is 4.54. The van der Waals surface area contributed by atoms with Crippen molar-refractivity contribution in [3.63, 3.8) is 0 Å². The van der Waals surface area contributed by atoms with E-state index in [9.17, 15) is 0 Å². The Hall–Kier alpha value is -1.11. The van der Waals surface area contributed by atoms with Crippen LogP contribution in [0.25, 0.3) is 0 Å². The van der Waals surface area contributed by atoms with Gasteiger partial charge in [0.15, 0.2) is 0 Å².